The smallest absolute Gasteiger partial charge is 0.311 e. The lowest BCUT2D eigenvalue weighted by Crippen LogP contribution is -2.59. The van der Waals surface area contributed by atoms with Crippen LogP contribution in [0, 0.1) is 17.8 Å². The number of likely N-dealkylation sites (N-methyl/N-ethyl adjacent to an activating group) is 1. The Kier molecular flexibility index (Phi) is 20.9. The molecule has 1 unspecified atom stereocenters. The van der Waals surface area contributed by atoms with Crippen LogP contribution in [0.5, 0.6) is 0 Å². The molecule has 70 heavy (non-hydrogen) atoms. The van der Waals surface area contributed by atoms with Crippen molar-refractivity contribution >= 4 is 5.97 Å². The highest BCUT2D eigenvalue weighted by Gasteiger charge is 2.51. The van der Waals surface area contributed by atoms with Gasteiger partial charge in [-0.2, -0.15) is 0 Å². The minimum atomic E-state index is -1.78. The molecule has 3 aliphatic rings. The monoisotopic (exact) mass is 989 g/mol. The highest BCUT2D eigenvalue weighted by molar-refractivity contribution is 5.73. The second-order valence-electron chi connectivity index (χ2n) is 22.0. The molecular weight excluding hydrogens is 899 g/mol. The fraction of sp³-hybridized carbons (Fsp3) is 0.774. The minimum Gasteiger partial charge on any atom is -0.459 e. The third-order valence-corrected chi connectivity index (χ3v) is 15.4. The van der Waals surface area contributed by atoms with Gasteiger partial charge < -0.3 is 74.2 Å². The maximum atomic E-state index is 14.5. The number of nitrogens with one attached hydrogen (secondary N) is 1. The number of aliphatic hydroxyl groups is 4. The number of carbonyl (C=O) groups excluding carboxylic acids is 1. The molecule has 17 heteroatoms. The largest absolute Gasteiger partial charge is 0.459 e. The van der Waals surface area contributed by atoms with Crippen molar-refractivity contribution in [3.8, 4) is 11.3 Å². The molecule has 17 nitrogen and oxygen atoms in total. The van der Waals surface area contributed by atoms with E-state index in [1.165, 1.54) is 6.92 Å². The number of aliphatic hydroxyl groups excluding tert-OH is 2. The number of benzene rings is 1. The zero-order valence-corrected chi connectivity index (χ0v) is 44.5. The summed E-state index contributed by atoms with van der Waals surface area (Å²) in [5.74, 6) is -1.56. The average Bonchev–Trinajstić information content (AvgIpc) is 3.85. The fourth-order valence-corrected chi connectivity index (χ4v) is 11.1. The Bertz CT molecular complexity index is 1920. The van der Waals surface area contributed by atoms with E-state index in [1.54, 1.807) is 27.2 Å². The number of esters is 1. The van der Waals surface area contributed by atoms with Gasteiger partial charge in [-0.05, 0) is 99.7 Å². The van der Waals surface area contributed by atoms with Gasteiger partial charge in [-0.15, -0.1) is 0 Å². The van der Waals surface area contributed by atoms with Crippen molar-refractivity contribution in [2.24, 2.45) is 17.8 Å². The Balaban J connectivity index is 1.36. The van der Waals surface area contributed by atoms with Gasteiger partial charge in [0.05, 0.1) is 66.6 Å². The van der Waals surface area contributed by atoms with Crippen molar-refractivity contribution in [1.29, 1.82) is 0 Å². The maximum absolute atomic E-state index is 14.5. The molecule has 8 N–H and O–H groups in total. The van der Waals surface area contributed by atoms with Crippen molar-refractivity contribution < 1.29 is 63.9 Å². The molecule has 3 fully saturated rings. The van der Waals surface area contributed by atoms with Crippen LogP contribution in [0.3, 0.4) is 0 Å². The van der Waals surface area contributed by atoms with Crippen LogP contribution in [-0.4, -0.2) is 166 Å². The van der Waals surface area contributed by atoms with E-state index < -0.39 is 77.6 Å². The van der Waals surface area contributed by atoms with Gasteiger partial charge in [0.25, 0.3) is 0 Å². The van der Waals surface area contributed by atoms with E-state index in [-0.39, 0.29) is 43.2 Å². The van der Waals surface area contributed by atoms with E-state index in [4.69, 9.17) is 32.9 Å². The molecule has 1 aromatic heterocycles. The Hall–Kier alpha value is -3.04. The summed E-state index contributed by atoms with van der Waals surface area (Å²) in [4.78, 5) is 18.7. The maximum Gasteiger partial charge on any atom is 0.311 e. The molecule has 3 aliphatic heterocycles. The van der Waals surface area contributed by atoms with Gasteiger partial charge in [0.1, 0.15) is 23.5 Å². The Morgan fingerprint density at radius 1 is 1.00 bits per heavy atom. The van der Waals surface area contributed by atoms with E-state index in [2.05, 4.69) is 35.1 Å². The second-order valence-corrected chi connectivity index (χ2v) is 22.0. The first-order valence-corrected chi connectivity index (χ1v) is 25.7. The molecule has 0 bridgehead atoms. The van der Waals surface area contributed by atoms with Crippen molar-refractivity contribution in [2.75, 3.05) is 40.9 Å². The lowest BCUT2D eigenvalue weighted by molar-refractivity contribution is -0.308. The Morgan fingerprint density at radius 2 is 1.69 bits per heavy atom. The minimum absolute atomic E-state index is 0.0418. The van der Waals surface area contributed by atoms with E-state index in [0.29, 0.717) is 57.4 Å². The van der Waals surface area contributed by atoms with Crippen LogP contribution < -0.4 is 11.1 Å². The zero-order chi connectivity index (χ0) is 51.7. The number of methoxy groups -OCH3 is 1. The summed E-state index contributed by atoms with van der Waals surface area (Å²) in [7, 11) is 5.65. The van der Waals surface area contributed by atoms with Crippen molar-refractivity contribution in [3.05, 3.63) is 54.0 Å². The Morgan fingerprint density at radius 3 is 2.31 bits per heavy atom. The molecule has 0 radical (unpaired) electrons. The first-order valence-electron chi connectivity index (χ1n) is 25.7. The lowest BCUT2D eigenvalue weighted by atomic mass is 9.77. The summed E-state index contributed by atoms with van der Waals surface area (Å²) >= 11 is 0. The van der Waals surface area contributed by atoms with Gasteiger partial charge in [0.15, 0.2) is 18.3 Å². The standard InChI is InChI=1S/C53H89N5O12/c1-14-44-53(10,63)48(60)37(7)58(12)30-32(2)26-52(9,62)49(35(5)47(36(6)50(61)67-44)68-46-28-51(8,64-13)27-34(4)66-46)69-45-25-42(23-33(3)65-45)57(11)22-20-40(54)29-55-41(31-59)24-38-15-17-39(18-16-38)43-19-21-56-70-43/h15-19,21,29,32-37,41-42,44-49,55,59-60,62-63H,14,20,22-28,30-31,54H2,1-13H3/p+1/b40-29-/t32-,33-,34+,35+,36-,37-,41+,42+,44-,45+,46?,47+,48-,49-,51+,52-,53-/m1/s1. The predicted octanol–water partition coefficient (Wildman–Crippen LogP) is 4.65. The molecule has 0 saturated carbocycles. The van der Waals surface area contributed by atoms with Crippen LogP contribution in [0.2, 0.25) is 0 Å². The SMILES string of the molecule is CC[C@H]1OC(=O)[C@H](C)[C@@H](OC2C[C@@](C)(OC)C[C@H](C)O2)[C@H](C)[C@@H](O[C@H]2C[C@@H](N(C)CC/C([NH3+])=C/N[C@H](CO)Cc3ccc(-c4ccno4)cc3)C[C@@H](C)O2)[C@](C)(O)C[C@@H](C)CN(C)[C@H](C)[C@@H](O)[C@]1(C)O. The quantitative estimate of drug-likeness (QED) is 0.126. The van der Waals surface area contributed by atoms with Gasteiger partial charge >= 0.3 is 5.97 Å². The number of hydrogen-bond donors (Lipinski definition) is 6. The second kappa shape index (κ2) is 25.3. The summed E-state index contributed by atoms with van der Waals surface area (Å²) in [5.41, 5.74) is 3.45. The number of nitrogens with zero attached hydrogens (tertiary/aromatic N) is 3. The summed E-state index contributed by atoms with van der Waals surface area (Å²) in [5, 5.41) is 53.7. The molecule has 3 saturated heterocycles. The zero-order valence-electron chi connectivity index (χ0n) is 44.5. The Labute approximate surface area is 417 Å². The number of aromatic nitrogens is 1. The number of cyclic esters (lactones) is 1. The number of rotatable bonds is 16. The molecule has 0 spiro atoms. The number of ether oxygens (including phenoxy) is 6. The molecule has 0 aliphatic carbocycles. The third-order valence-electron chi connectivity index (χ3n) is 15.4. The van der Waals surface area contributed by atoms with Crippen LogP contribution in [0.4, 0.5) is 0 Å². The number of carbonyl (C=O) groups is 1. The van der Waals surface area contributed by atoms with Crippen LogP contribution in [-0.2, 0) is 39.6 Å². The van der Waals surface area contributed by atoms with E-state index in [9.17, 15) is 25.2 Å². The summed E-state index contributed by atoms with van der Waals surface area (Å²) in [6, 6.07) is 9.21. The summed E-state index contributed by atoms with van der Waals surface area (Å²) in [6.45, 7) is 19.9. The van der Waals surface area contributed by atoms with Gasteiger partial charge in [-0.25, -0.2) is 0 Å². The summed E-state index contributed by atoms with van der Waals surface area (Å²) < 4.78 is 44.3. The fourth-order valence-electron chi connectivity index (χ4n) is 11.1. The number of hydrogen-bond acceptors (Lipinski definition) is 16. The van der Waals surface area contributed by atoms with Crippen molar-refractivity contribution in [2.45, 2.75) is 205 Å². The van der Waals surface area contributed by atoms with Crippen LogP contribution in [0.25, 0.3) is 11.3 Å². The number of quaternary nitrogens is 1. The molecule has 4 heterocycles. The normalized spacial score (nSPS) is 38.4. The molecule has 1 aromatic carbocycles. The van der Waals surface area contributed by atoms with E-state index in [1.807, 2.05) is 90.0 Å². The average molecular weight is 989 g/mol. The van der Waals surface area contributed by atoms with Gasteiger partial charge in [0, 0.05) is 75.5 Å². The predicted molar refractivity (Wildman–Crippen MR) is 266 cm³/mol. The lowest BCUT2D eigenvalue weighted by Gasteiger charge is -2.47. The molecule has 5 rings (SSSR count). The van der Waals surface area contributed by atoms with Crippen molar-refractivity contribution in [1.82, 2.24) is 20.3 Å². The van der Waals surface area contributed by atoms with Gasteiger partial charge in [0.2, 0.25) is 0 Å². The molecule has 17 atom stereocenters. The molecule has 2 aromatic rings. The molecule has 398 valence electrons. The first kappa shape index (κ1) is 57.9. The highest BCUT2D eigenvalue weighted by atomic mass is 16.7. The van der Waals surface area contributed by atoms with Crippen LogP contribution in [0.15, 0.2) is 52.9 Å². The van der Waals surface area contributed by atoms with Crippen molar-refractivity contribution in [3.63, 3.8) is 0 Å². The highest BCUT2D eigenvalue weighted by Crippen LogP contribution is 2.40. The topological polar surface area (TPSA) is 226 Å². The summed E-state index contributed by atoms with van der Waals surface area (Å²) in [6.07, 6.45) is 1.83. The third kappa shape index (κ3) is 15.3. The molecular formula is C53H90N5O12+. The van der Waals surface area contributed by atoms with Gasteiger partial charge in [-0.1, -0.05) is 50.2 Å². The van der Waals surface area contributed by atoms with Crippen LogP contribution >= 0.6 is 0 Å². The van der Waals surface area contributed by atoms with E-state index >= 15 is 0 Å². The van der Waals surface area contributed by atoms with Crippen LogP contribution in [0.1, 0.15) is 120 Å². The van der Waals surface area contributed by atoms with E-state index in [0.717, 1.165) is 23.2 Å². The van der Waals surface area contributed by atoms with Gasteiger partial charge in [-0.3, -0.25) is 4.79 Å². The first-order chi connectivity index (χ1) is 32.9. The molecule has 0 amide bonds.